The summed E-state index contributed by atoms with van der Waals surface area (Å²) in [6.07, 6.45) is 9.01. The summed E-state index contributed by atoms with van der Waals surface area (Å²) < 4.78 is 0. The van der Waals surface area contributed by atoms with Crippen LogP contribution in [-0.2, 0) is 0 Å². The maximum atomic E-state index is 2.53. The van der Waals surface area contributed by atoms with E-state index in [1.807, 2.05) is 0 Å². The van der Waals surface area contributed by atoms with Crippen molar-refractivity contribution in [2.75, 3.05) is 12.3 Å². The molecule has 0 radical (unpaired) electrons. The molecular weight excluding hydrogens is 747 g/mol. The molecule has 6 aromatic rings. The van der Waals surface area contributed by atoms with Crippen LogP contribution in [0.4, 0.5) is 0 Å². The van der Waals surface area contributed by atoms with Crippen LogP contribution in [0.1, 0.15) is 144 Å². The molecule has 2 aliphatic rings. The first-order chi connectivity index (χ1) is 28.5. The molecule has 4 atom stereocenters. The van der Waals surface area contributed by atoms with E-state index in [0.717, 1.165) is 0 Å². The largest absolute Gasteiger partial charge is 0.0913 e. The highest BCUT2D eigenvalue weighted by Crippen LogP contribution is 2.74. The molecule has 0 bridgehead atoms. The van der Waals surface area contributed by atoms with Gasteiger partial charge in [-0.2, -0.15) is 0 Å². The van der Waals surface area contributed by atoms with Crippen LogP contribution in [0, 0.1) is 55.4 Å². The minimum Gasteiger partial charge on any atom is -0.0913 e. The van der Waals surface area contributed by atoms with Crippen molar-refractivity contribution < 1.29 is 0 Å². The highest BCUT2D eigenvalue weighted by atomic mass is 31.1. The molecule has 0 spiro atoms. The van der Waals surface area contributed by atoms with Crippen LogP contribution in [0.5, 0.6) is 0 Å². The molecule has 0 amide bonds. The molecule has 0 nitrogen and oxygen atoms in total. The molecule has 0 saturated carbocycles. The Morgan fingerprint density at radius 2 is 0.627 bits per heavy atom. The van der Waals surface area contributed by atoms with Crippen LogP contribution in [-0.4, -0.2) is 12.3 Å². The number of rotatable bonds is 10. The molecule has 304 valence electrons. The minimum atomic E-state index is -0.339. The van der Waals surface area contributed by atoms with Gasteiger partial charge in [0, 0.05) is 22.6 Å². The summed E-state index contributed by atoms with van der Waals surface area (Å²) in [6, 6.07) is 52.6. The molecule has 2 heteroatoms. The molecule has 4 unspecified atom stereocenters. The summed E-state index contributed by atoms with van der Waals surface area (Å²) >= 11 is 0. The van der Waals surface area contributed by atoms with E-state index >= 15 is 0 Å². The van der Waals surface area contributed by atoms with Gasteiger partial charge in [-0.1, -0.05) is 172 Å². The highest BCUT2D eigenvalue weighted by Gasteiger charge is 2.43. The topological polar surface area (TPSA) is 0 Å². The fourth-order valence-electron chi connectivity index (χ4n) is 11.3. The van der Waals surface area contributed by atoms with Gasteiger partial charge in [0.2, 0.25) is 0 Å². The standard InChI is InChI=1S/C57H66P2/c1-38-20-24-50(42(5)30-38)54-34-48(46-16-11-9-12-17-46)35-55(51-25-21-39(2)31-43(51)6)58(54)28-15-29-59-56(52-26-22-40(3)32-44(52)7)36-49(47-18-13-10-14-19-47)37-57(59)53-27-23-41(4)33-45(53)8/h9-14,16-27,30-33,48-49,54-57H,15,28-29,34-37H2,1-8H3. The zero-order valence-electron chi connectivity index (χ0n) is 37.0. The van der Waals surface area contributed by atoms with Gasteiger partial charge in [-0.05, 0) is 167 Å². The van der Waals surface area contributed by atoms with Gasteiger partial charge in [0.1, 0.15) is 0 Å². The summed E-state index contributed by atoms with van der Waals surface area (Å²) in [5.74, 6) is 1.12. The summed E-state index contributed by atoms with van der Waals surface area (Å²) in [4.78, 5) is 0. The lowest BCUT2D eigenvalue weighted by atomic mass is 9.84. The maximum Gasteiger partial charge on any atom is 0.00557 e. The van der Waals surface area contributed by atoms with Gasteiger partial charge in [-0.15, -0.1) is 0 Å². The first kappa shape index (κ1) is 41.9. The van der Waals surface area contributed by atoms with E-state index in [1.54, 1.807) is 22.3 Å². The molecule has 6 aromatic carbocycles. The molecule has 2 saturated heterocycles. The van der Waals surface area contributed by atoms with Crippen molar-refractivity contribution in [3.05, 3.63) is 211 Å². The Kier molecular flexibility index (Phi) is 13.1. The molecule has 2 fully saturated rings. The second-order valence-electron chi connectivity index (χ2n) is 18.5. The molecule has 59 heavy (non-hydrogen) atoms. The van der Waals surface area contributed by atoms with Crippen LogP contribution < -0.4 is 0 Å². The smallest absolute Gasteiger partial charge is 0.00557 e. The lowest BCUT2D eigenvalue weighted by Crippen LogP contribution is -2.22. The third-order valence-electron chi connectivity index (χ3n) is 14.1. The lowest BCUT2D eigenvalue weighted by molar-refractivity contribution is 0.522. The van der Waals surface area contributed by atoms with E-state index < -0.39 is 0 Å². The van der Waals surface area contributed by atoms with Gasteiger partial charge in [0.25, 0.3) is 0 Å². The van der Waals surface area contributed by atoms with Crippen LogP contribution in [0.3, 0.4) is 0 Å². The van der Waals surface area contributed by atoms with Gasteiger partial charge >= 0.3 is 0 Å². The zero-order valence-corrected chi connectivity index (χ0v) is 38.8. The van der Waals surface area contributed by atoms with Crippen molar-refractivity contribution in [1.82, 2.24) is 0 Å². The second-order valence-corrected chi connectivity index (χ2v) is 23.9. The third-order valence-corrected chi connectivity index (χ3v) is 21.0. The van der Waals surface area contributed by atoms with E-state index in [-0.39, 0.29) is 15.8 Å². The van der Waals surface area contributed by atoms with E-state index in [9.17, 15) is 0 Å². The van der Waals surface area contributed by atoms with Gasteiger partial charge in [-0.3, -0.25) is 0 Å². The fourth-order valence-corrected chi connectivity index (χ4v) is 19.4. The predicted octanol–water partition coefficient (Wildman–Crippen LogP) is 16.9. The van der Waals surface area contributed by atoms with Crippen molar-refractivity contribution in [2.45, 2.75) is 122 Å². The quantitative estimate of drug-likeness (QED) is 0.121. The first-order valence-electron chi connectivity index (χ1n) is 22.4. The Bertz CT molecular complexity index is 2070. The number of hydrogen-bond acceptors (Lipinski definition) is 0. The first-order valence-corrected chi connectivity index (χ1v) is 25.8. The van der Waals surface area contributed by atoms with Crippen LogP contribution in [0.25, 0.3) is 0 Å². The van der Waals surface area contributed by atoms with Crippen molar-refractivity contribution >= 4 is 15.8 Å². The molecule has 0 N–H and O–H groups in total. The van der Waals surface area contributed by atoms with Gasteiger partial charge in [0.05, 0.1) is 0 Å². The molecule has 2 heterocycles. The predicted molar refractivity (Wildman–Crippen MR) is 260 cm³/mol. The van der Waals surface area contributed by atoms with Crippen molar-refractivity contribution in [3.8, 4) is 0 Å². The Morgan fingerprint density at radius 3 is 0.881 bits per heavy atom. The number of benzene rings is 6. The molecule has 8 rings (SSSR count). The fraction of sp³-hybridized carbons (Fsp3) is 0.368. The van der Waals surface area contributed by atoms with Crippen LogP contribution in [0.15, 0.2) is 133 Å². The highest BCUT2D eigenvalue weighted by molar-refractivity contribution is 7.59. The lowest BCUT2D eigenvalue weighted by Gasteiger charge is -2.46. The average Bonchev–Trinajstić information content (AvgIpc) is 3.22. The van der Waals surface area contributed by atoms with E-state index in [0.29, 0.717) is 34.5 Å². The average molecular weight is 813 g/mol. The zero-order chi connectivity index (χ0) is 41.2. The van der Waals surface area contributed by atoms with E-state index in [1.165, 1.54) is 100 Å². The van der Waals surface area contributed by atoms with E-state index in [4.69, 9.17) is 0 Å². The van der Waals surface area contributed by atoms with E-state index in [2.05, 4.69) is 189 Å². The van der Waals surface area contributed by atoms with Gasteiger partial charge in [-0.25, -0.2) is 0 Å². The van der Waals surface area contributed by atoms with Crippen molar-refractivity contribution in [2.24, 2.45) is 0 Å². The minimum absolute atomic E-state index is 0.339. The number of hydrogen-bond donors (Lipinski definition) is 0. The summed E-state index contributed by atoms with van der Waals surface area (Å²) in [6.45, 7) is 18.6. The van der Waals surface area contributed by atoms with Crippen molar-refractivity contribution in [1.29, 1.82) is 0 Å². The Hall–Kier alpha value is -3.82. The summed E-state index contributed by atoms with van der Waals surface area (Å²) in [7, 11) is -0.679. The normalized spacial score (nSPS) is 24.5. The Balaban J connectivity index is 1.20. The second kappa shape index (κ2) is 18.4. The molecule has 2 aliphatic heterocycles. The molecular formula is C57H66P2. The Labute approximate surface area is 359 Å². The van der Waals surface area contributed by atoms with Crippen molar-refractivity contribution in [3.63, 3.8) is 0 Å². The van der Waals surface area contributed by atoms with Crippen LogP contribution >= 0.6 is 15.8 Å². The number of aryl methyl sites for hydroxylation is 8. The summed E-state index contributed by atoms with van der Waals surface area (Å²) in [5, 5.41) is 0. The molecule has 0 aromatic heterocycles. The monoisotopic (exact) mass is 812 g/mol. The Morgan fingerprint density at radius 1 is 0.356 bits per heavy atom. The SMILES string of the molecule is Cc1ccc(C2CC(c3ccccc3)CC(c3ccc(C)cc3C)P2CCCP2C(c3ccc(C)cc3C)CC(c3ccccc3)CC2c2ccc(C)cc2C)c(C)c1. The molecule has 0 aliphatic carbocycles. The summed E-state index contributed by atoms with van der Waals surface area (Å²) in [5.41, 5.74) is 23.3. The van der Waals surface area contributed by atoms with Gasteiger partial charge in [0.15, 0.2) is 0 Å². The van der Waals surface area contributed by atoms with Crippen LogP contribution in [0.2, 0.25) is 0 Å². The maximum absolute atomic E-state index is 2.53. The van der Waals surface area contributed by atoms with Gasteiger partial charge < -0.3 is 0 Å². The third kappa shape index (κ3) is 9.27.